The van der Waals surface area contributed by atoms with E-state index in [1.165, 1.54) is 12.8 Å². The van der Waals surface area contributed by atoms with Gasteiger partial charge in [-0.2, -0.15) is 0 Å². The summed E-state index contributed by atoms with van der Waals surface area (Å²) in [6.45, 7) is 1.13. The van der Waals surface area contributed by atoms with Crippen LogP contribution < -0.4 is 5.32 Å². The average Bonchev–Trinajstić information content (AvgIpc) is 2.90. The summed E-state index contributed by atoms with van der Waals surface area (Å²) in [6, 6.07) is 6.47. The second-order valence-corrected chi connectivity index (χ2v) is 5.10. The molecule has 1 aromatic carbocycles. The van der Waals surface area contributed by atoms with Gasteiger partial charge in [-0.05, 0) is 31.5 Å². The smallest absolute Gasteiger partial charge is 0.111 e. The Kier molecular flexibility index (Phi) is 2.81. The number of rotatable bonds is 2. The van der Waals surface area contributed by atoms with Gasteiger partial charge in [0, 0.05) is 19.5 Å². The van der Waals surface area contributed by atoms with Crippen LogP contribution in [0.15, 0.2) is 18.2 Å². The minimum Gasteiger partial charge on any atom is -0.330 e. The maximum atomic E-state index is 6.22. The molecule has 2 heterocycles. The molecule has 3 nitrogen and oxygen atoms in total. The molecular weight excluding hydrogens is 234 g/mol. The minimum atomic E-state index is 0.573. The van der Waals surface area contributed by atoms with Crippen molar-refractivity contribution < 1.29 is 0 Å². The van der Waals surface area contributed by atoms with E-state index in [1.54, 1.807) is 0 Å². The Morgan fingerprint density at radius 3 is 3.12 bits per heavy atom. The van der Waals surface area contributed by atoms with Crippen LogP contribution in [0.25, 0.3) is 11.0 Å². The molecule has 0 radical (unpaired) electrons. The third-order valence-electron chi connectivity index (χ3n) is 3.53. The highest BCUT2D eigenvalue weighted by atomic mass is 35.5. The quantitative estimate of drug-likeness (QED) is 0.887. The lowest BCUT2D eigenvalue weighted by atomic mass is 10.1. The second-order valence-electron chi connectivity index (χ2n) is 4.69. The van der Waals surface area contributed by atoms with Gasteiger partial charge in [0.05, 0.1) is 16.1 Å². The van der Waals surface area contributed by atoms with E-state index in [2.05, 4.69) is 14.9 Å². The van der Waals surface area contributed by atoms with Crippen LogP contribution in [0.5, 0.6) is 0 Å². The van der Waals surface area contributed by atoms with E-state index in [0.717, 1.165) is 34.8 Å². The van der Waals surface area contributed by atoms with Gasteiger partial charge in [0.15, 0.2) is 0 Å². The molecule has 1 saturated heterocycles. The van der Waals surface area contributed by atoms with Crippen LogP contribution in [0.4, 0.5) is 0 Å². The van der Waals surface area contributed by atoms with Crippen LogP contribution in [0, 0.1) is 0 Å². The van der Waals surface area contributed by atoms with Gasteiger partial charge in [-0.3, -0.25) is 0 Å². The molecular formula is C13H16ClN3. The van der Waals surface area contributed by atoms with Gasteiger partial charge in [-0.15, -0.1) is 0 Å². The summed E-state index contributed by atoms with van der Waals surface area (Å²) in [5.41, 5.74) is 2.04. The van der Waals surface area contributed by atoms with Gasteiger partial charge in [0.1, 0.15) is 5.82 Å². The van der Waals surface area contributed by atoms with E-state index in [4.69, 9.17) is 11.6 Å². The number of nitrogens with one attached hydrogen (secondary N) is 1. The summed E-state index contributed by atoms with van der Waals surface area (Å²) in [6.07, 6.45) is 3.51. The Bertz CT molecular complexity index is 541. The molecule has 0 aliphatic carbocycles. The fraction of sp³-hybridized carbons (Fsp3) is 0.462. The number of imidazole rings is 1. The highest BCUT2D eigenvalue weighted by molar-refractivity contribution is 6.35. The Balaban J connectivity index is 1.99. The van der Waals surface area contributed by atoms with Crippen molar-refractivity contribution in [3.05, 3.63) is 29.0 Å². The van der Waals surface area contributed by atoms with Gasteiger partial charge in [-0.1, -0.05) is 17.7 Å². The monoisotopic (exact) mass is 249 g/mol. The summed E-state index contributed by atoms with van der Waals surface area (Å²) < 4.78 is 2.12. The zero-order valence-corrected chi connectivity index (χ0v) is 10.7. The van der Waals surface area contributed by atoms with Crippen LogP contribution >= 0.6 is 11.6 Å². The largest absolute Gasteiger partial charge is 0.330 e. The van der Waals surface area contributed by atoms with Crippen molar-refractivity contribution in [2.45, 2.75) is 25.3 Å². The molecule has 4 heteroatoms. The number of hydrogen-bond acceptors (Lipinski definition) is 2. The van der Waals surface area contributed by atoms with Crippen molar-refractivity contribution in [1.82, 2.24) is 14.9 Å². The van der Waals surface area contributed by atoms with Crippen LogP contribution in [0.3, 0.4) is 0 Å². The molecule has 17 heavy (non-hydrogen) atoms. The van der Waals surface area contributed by atoms with Crippen LogP contribution in [0.1, 0.15) is 18.7 Å². The summed E-state index contributed by atoms with van der Waals surface area (Å²) in [5, 5.41) is 4.29. The lowest BCUT2D eigenvalue weighted by Gasteiger charge is -2.09. The fourth-order valence-electron chi connectivity index (χ4n) is 2.60. The first kappa shape index (κ1) is 11.1. The first-order chi connectivity index (χ1) is 8.25. The average molecular weight is 250 g/mol. The van der Waals surface area contributed by atoms with Crippen LogP contribution in [-0.2, 0) is 13.5 Å². The molecule has 90 valence electrons. The first-order valence-corrected chi connectivity index (χ1v) is 6.46. The maximum Gasteiger partial charge on any atom is 0.111 e. The number of para-hydroxylation sites is 1. The van der Waals surface area contributed by atoms with Gasteiger partial charge in [0.2, 0.25) is 0 Å². The van der Waals surface area contributed by atoms with Crippen molar-refractivity contribution >= 4 is 22.6 Å². The van der Waals surface area contributed by atoms with E-state index >= 15 is 0 Å². The van der Waals surface area contributed by atoms with Gasteiger partial charge in [-0.25, -0.2) is 4.98 Å². The standard InChI is InChI=1S/C13H16ClN3/c1-17-12(8-9-4-3-7-15-9)16-11-6-2-5-10(14)13(11)17/h2,5-6,9,15H,3-4,7-8H2,1H3. The van der Waals surface area contributed by atoms with E-state index in [9.17, 15) is 0 Å². The number of halogens is 1. The number of fused-ring (bicyclic) bond motifs is 1. The molecule has 2 aromatic rings. The second kappa shape index (κ2) is 4.31. The molecule has 0 saturated carbocycles. The normalized spacial score (nSPS) is 20.2. The maximum absolute atomic E-state index is 6.22. The molecule has 1 fully saturated rings. The predicted molar refractivity (Wildman–Crippen MR) is 70.5 cm³/mol. The highest BCUT2D eigenvalue weighted by Gasteiger charge is 2.18. The Labute approximate surface area is 106 Å². The SMILES string of the molecule is Cn1c(CC2CCCN2)nc2cccc(Cl)c21. The number of hydrogen-bond donors (Lipinski definition) is 1. The van der Waals surface area contributed by atoms with Crippen LogP contribution in [0.2, 0.25) is 5.02 Å². The van der Waals surface area contributed by atoms with Gasteiger partial charge in [0.25, 0.3) is 0 Å². The van der Waals surface area contributed by atoms with Gasteiger partial charge >= 0.3 is 0 Å². The predicted octanol–water partition coefficient (Wildman–Crippen LogP) is 2.52. The summed E-state index contributed by atoms with van der Waals surface area (Å²) >= 11 is 6.22. The van der Waals surface area contributed by atoms with Crippen molar-refractivity contribution in [2.24, 2.45) is 7.05 Å². The molecule has 0 bridgehead atoms. The van der Waals surface area contributed by atoms with E-state index in [1.807, 2.05) is 25.2 Å². The van der Waals surface area contributed by atoms with Gasteiger partial charge < -0.3 is 9.88 Å². The van der Waals surface area contributed by atoms with E-state index < -0.39 is 0 Å². The summed E-state index contributed by atoms with van der Waals surface area (Å²) in [4.78, 5) is 4.68. The molecule has 1 aromatic heterocycles. The minimum absolute atomic E-state index is 0.573. The summed E-state index contributed by atoms with van der Waals surface area (Å²) in [5.74, 6) is 1.12. The topological polar surface area (TPSA) is 29.9 Å². The molecule has 0 spiro atoms. The fourth-order valence-corrected chi connectivity index (χ4v) is 2.90. The number of benzene rings is 1. The van der Waals surface area contributed by atoms with Crippen molar-refractivity contribution in [2.75, 3.05) is 6.54 Å². The zero-order valence-electron chi connectivity index (χ0n) is 9.91. The molecule has 1 atom stereocenters. The lowest BCUT2D eigenvalue weighted by molar-refractivity contribution is 0.575. The van der Waals surface area contributed by atoms with E-state index in [-0.39, 0.29) is 0 Å². The molecule has 0 amide bonds. The molecule has 1 N–H and O–H groups in total. The number of nitrogens with zero attached hydrogens (tertiary/aromatic N) is 2. The molecule has 1 unspecified atom stereocenters. The lowest BCUT2D eigenvalue weighted by Crippen LogP contribution is -2.25. The van der Waals surface area contributed by atoms with Crippen molar-refractivity contribution in [1.29, 1.82) is 0 Å². The third kappa shape index (κ3) is 1.94. The Morgan fingerprint density at radius 2 is 2.41 bits per heavy atom. The van der Waals surface area contributed by atoms with Crippen molar-refractivity contribution in [3.8, 4) is 0 Å². The van der Waals surface area contributed by atoms with E-state index in [0.29, 0.717) is 6.04 Å². The molecule has 3 rings (SSSR count). The zero-order chi connectivity index (χ0) is 11.8. The van der Waals surface area contributed by atoms with Crippen LogP contribution in [-0.4, -0.2) is 22.1 Å². The summed E-state index contributed by atoms with van der Waals surface area (Å²) in [7, 11) is 2.05. The number of aryl methyl sites for hydroxylation is 1. The Morgan fingerprint density at radius 1 is 1.53 bits per heavy atom. The highest BCUT2D eigenvalue weighted by Crippen LogP contribution is 2.24. The number of aromatic nitrogens is 2. The molecule has 1 aliphatic heterocycles. The first-order valence-electron chi connectivity index (χ1n) is 6.09. The Hall–Kier alpha value is -1.06. The molecule has 1 aliphatic rings. The third-order valence-corrected chi connectivity index (χ3v) is 3.83. The van der Waals surface area contributed by atoms with Crippen molar-refractivity contribution in [3.63, 3.8) is 0 Å².